The molecule has 0 bridgehead atoms. The molecule has 1 heterocycles. The fraction of sp³-hybridized carbons (Fsp3) is 0.400. The van der Waals surface area contributed by atoms with E-state index in [1.165, 1.54) is 0 Å². The molecule has 6 atom stereocenters. The van der Waals surface area contributed by atoms with Crippen molar-refractivity contribution in [2.45, 2.75) is 43.5 Å². The molecule has 0 aromatic heterocycles. The Morgan fingerprint density at radius 1 is 1.00 bits per heavy atom. The van der Waals surface area contributed by atoms with E-state index in [1.54, 1.807) is 32.2 Å². The molecule has 1 fully saturated rings. The average molecular weight is 406 g/mol. The highest BCUT2D eigenvalue weighted by Crippen LogP contribution is 2.28. The Morgan fingerprint density at radius 2 is 1.66 bits per heavy atom. The maximum atomic E-state index is 12.5. The summed E-state index contributed by atoms with van der Waals surface area (Å²) in [5.74, 6) is -2.39. The maximum Gasteiger partial charge on any atom is 0.335 e. The van der Waals surface area contributed by atoms with Crippen molar-refractivity contribution < 1.29 is 44.2 Å². The fourth-order valence-corrected chi connectivity index (χ4v) is 3.14. The van der Waals surface area contributed by atoms with Crippen molar-refractivity contribution in [1.29, 1.82) is 0 Å². The number of carbonyl (C=O) groups is 2. The first kappa shape index (κ1) is 21.0. The summed E-state index contributed by atoms with van der Waals surface area (Å²) in [5.41, 5.74) is 0.633. The lowest BCUT2D eigenvalue weighted by molar-refractivity contribution is -0.286. The van der Waals surface area contributed by atoms with E-state index in [1.807, 2.05) is 18.2 Å². The van der Waals surface area contributed by atoms with Crippen LogP contribution in [0.5, 0.6) is 5.75 Å². The van der Waals surface area contributed by atoms with Gasteiger partial charge in [-0.3, -0.25) is 4.79 Å². The Balaban J connectivity index is 1.76. The van der Waals surface area contributed by atoms with Gasteiger partial charge in [0.15, 0.2) is 6.10 Å². The molecule has 0 aliphatic carbocycles. The Bertz CT molecular complexity index is 912. The van der Waals surface area contributed by atoms with Crippen molar-refractivity contribution in [3.63, 3.8) is 0 Å². The highest BCUT2D eigenvalue weighted by atomic mass is 16.7. The molecular formula is C20H22O9. The van der Waals surface area contributed by atoms with Gasteiger partial charge < -0.3 is 34.6 Å². The Kier molecular flexibility index (Phi) is 6.04. The monoisotopic (exact) mass is 406 g/mol. The van der Waals surface area contributed by atoms with Crippen molar-refractivity contribution in [3.8, 4) is 5.75 Å². The van der Waals surface area contributed by atoms with E-state index in [2.05, 4.69) is 0 Å². The quantitative estimate of drug-likeness (QED) is 0.518. The van der Waals surface area contributed by atoms with Gasteiger partial charge in [0.2, 0.25) is 6.29 Å². The number of aliphatic carboxylic acids is 1. The minimum atomic E-state index is -1.85. The zero-order valence-electron chi connectivity index (χ0n) is 15.8. The maximum absolute atomic E-state index is 12.5. The summed E-state index contributed by atoms with van der Waals surface area (Å²) in [5, 5.41) is 40.3. The lowest BCUT2D eigenvalue weighted by atomic mass is 9.97. The molecule has 0 saturated carbocycles. The highest BCUT2D eigenvalue weighted by molar-refractivity contribution is 5.86. The number of fused-ring (bicyclic) bond motifs is 1. The standard InChI is InChI=1S/C20H22O9/c1-9(10-3-4-12-8-13(27-2)6-5-11(12)7-10)19(26)29-20-16(23)14(21)15(22)17(28-20)18(24)25/h3-9,14-17,20-23H,1-2H3,(H,24,25)/t9-,14-,15-,16-,17-,20-/m1/s1. The Morgan fingerprint density at radius 3 is 2.31 bits per heavy atom. The molecular weight excluding hydrogens is 384 g/mol. The van der Waals surface area contributed by atoms with Crippen LogP contribution in [0.15, 0.2) is 36.4 Å². The predicted molar refractivity (Wildman–Crippen MR) is 99.3 cm³/mol. The molecule has 1 aliphatic rings. The molecule has 1 aliphatic heterocycles. The number of carboxylic acid groups (broad SMARTS) is 1. The van der Waals surface area contributed by atoms with E-state index in [0.717, 1.165) is 10.8 Å². The van der Waals surface area contributed by atoms with Gasteiger partial charge >= 0.3 is 11.9 Å². The summed E-state index contributed by atoms with van der Waals surface area (Å²) in [6.45, 7) is 1.59. The van der Waals surface area contributed by atoms with Gasteiger partial charge in [-0.2, -0.15) is 0 Å². The zero-order valence-corrected chi connectivity index (χ0v) is 15.8. The highest BCUT2D eigenvalue weighted by Gasteiger charge is 2.48. The van der Waals surface area contributed by atoms with Crippen molar-refractivity contribution in [3.05, 3.63) is 42.0 Å². The summed E-state index contributed by atoms with van der Waals surface area (Å²) in [4.78, 5) is 23.7. The van der Waals surface area contributed by atoms with Gasteiger partial charge in [0.1, 0.15) is 24.1 Å². The van der Waals surface area contributed by atoms with Crippen LogP contribution in [0.3, 0.4) is 0 Å². The van der Waals surface area contributed by atoms with E-state index >= 15 is 0 Å². The number of rotatable bonds is 5. The van der Waals surface area contributed by atoms with Crippen molar-refractivity contribution in [2.75, 3.05) is 7.11 Å². The fourth-order valence-electron chi connectivity index (χ4n) is 3.14. The average Bonchev–Trinajstić information content (AvgIpc) is 2.72. The van der Waals surface area contributed by atoms with Crippen molar-refractivity contribution >= 4 is 22.7 Å². The van der Waals surface area contributed by atoms with Crippen LogP contribution in [0.2, 0.25) is 0 Å². The molecule has 0 radical (unpaired) electrons. The number of esters is 1. The van der Waals surface area contributed by atoms with E-state index in [9.17, 15) is 24.9 Å². The van der Waals surface area contributed by atoms with Gasteiger partial charge in [-0.05, 0) is 35.4 Å². The second kappa shape index (κ2) is 8.34. The van der Waals surface area contributed by atoms with E-state index in [4.69, 9.17) is 19.3 Å². The van der Waals surface area contributed by atoms with Gasteiger partial charge in [-0.1, -0.05) is 24.3 Å². The smallest absolute Gasteiger partial charge is 0.335 e. The number of ether oxygens (including phenoxy) is 3. The normalized spacial score (nSPS) is 28.0. The number of hydrogen-bond acceptors (Lipinski definition) is 8. The van der Waals surface area contributed by atoms with Crippen LogP contribution >= 0.6 is 0 Å². The molecule has 2 aromatic rings. The molecule has 156 valence electrons. The van der Waals surface area contributed by atoms with Gasteiger partial charge in [-0.25, -0.2) is 4.79 Å². The predicted octanol–water partition coefficient (Wildman–Crippen LogP) is 0.387. The van der Waals surface area contributed by atoms with Crippen LogP contribution in [0.1, 0.15) is 18.4 Å². The first-order chi connectivity index (χ1) is 13.7. The summed E-state index contributed by atoms with van der Waals surface area (Å²) in [6, 6.07) is 10.9. The van der Waals surface area contributed by atoms with Gasteiger partial charge in [-0.15, -0.1) is 0 Å². The third kappa shape index (κ3) is 4.18. The third-order valence-electron chi connectivity index (χ3n) is 4.97. The SMILES string of the molecule is COc1ccc2cc([C@@H](C)C(=O)O[C@H]3O[C@@H](C(=O)O)[C@H](O)[C@@H](O)[C@H]3O)ccc2c1. The molecule has 9 heteroatoms. The first-order valence-electron chi connectivity index (χ1n) is 8.93. The number of carboxylic acids is 1. The molecule has 0 amide bonds. The lowest BCUT2D eigenvalue weighted by Gasteiger charge is -2.38. The summed E-state index contributed by atoms with van der Waals surface area (Å²) < 4.78 is 15.3. The Labute approximate surface area is 166 Å². The Hall–Kier alpha value is -2.72. The molecule has 1 saturated heterocycles. The van der Waals surface area contributed by atoms with Crippen LogP contribution in [0.4, 0.5) is 0 Å². The van der Waals surface area contributed by atoms with Crippen LogP contribution in [-0.4, -0.2) is 70.2 Å². The van der Waals surface area contributed by atoms with Gasteiger partial charge in [0.25, 0.3) is 0 Å². The zero-order chi connectivity index (χ0) is 21.3. The number of methoxy groups -OCH3 is 1. The molecule has 29 heavy (non-hydrogen) atoms. The summed E-state index contributed by atoms with van der Waals surface area (Å²) in [7, 11) is 1.57. The second-order valence-corrected chi connectivity index (χ2v) is 6.87. The molecule has 9 nitrogen and oxygen atoms in total. The minimum absolute atomic E-state index is 0.633. The first-order valence-corrected chi connectivity index (χ1v) is 8.93. The lowest BCUT2D eigenvalue weighted by Crippen LogP contribution is -2.60. The minimum Gasteiger partial charge on any atom is -0.497 e. The molecule has 0 unspecified atom stereocenters. The molecule has 0 spiro atoms. The van der Waals surface area contributed by atoms with Gasteiger partial charge in [0, 0.05) is 0 Å². The number of hydrogen-bond donors (Lipinski definition) is 4. The summed E-state index contributed by atoms with van der Waals surface area (Å²) >= 11 is 0. The van der Waals surface area contributed by atoms with E-state index < -0.39 is 48.6 Å². The second-order valence-electron chi connectivity index (χ2n) is 6.87. The number of aliphatic hydroxyl groups is 3. The van der Waals surface area contributed by atoms with E-state index in [0.29, 0.717) is 11.3 Å². The van der Waals surface area contributed by atoms with Crippen molar-refractivity contribution in [2.24, 2.45) is 0 Å². The molecule has 2 aromatic carbocycles. The van der Waals surface area contributed by atoms with Gasteiger partial charge in [0.05, 0.1) is 13.0 Å². The van der Waals surface area contributed by atoms with Crippen molar-refractivity contribution in [1.82, 2.24) is 0 Å². The number of carbonyl (C=O) groups excluding carboxylic acids is 1. The largest absolute Gasteiger partial charge is 0.497 e. The third-order valence-corrected chi connectivity index (χ3v) is 4.97. The number of aliphatic hydroxyl groups excluding tert-OH is 3. The van der Waals surface area contributed by atoms with Crippen LogP contribution in [0.25, 0.3) is 10.8 Å². The van der Waals surface area contributed by atoms with Crippen LogP contribution < -0.4 is 4.74 Å². The van der Waals surface area contributed by atoms with Crippen LogP contribution in [-0.2, 0) is 19.1 Å². The topological polar surface area (TPSA) is 143 Å². The molecule has 4 N–H and O–H groups in total. The summed E-state index contributed by atoms with van der Waals surface area (Å²) in [6.07, 6.45) is -9.05. The van der Waals surface area contributed by atoms with Crippen LogP contribution in [0, 0.1) is 0 Å². The van der Waals surface area contributed by atoms with E-state index in [-0.39, 0.29) is 0 Å². The molecule has 3 rings (SSSR count). The number of benzene rings is 2.